The molecule has 5 nitrogen and oxygen atoms in total. The predicted octanol–water partition coefficient (Wildman–Crippen LogP) is -0.612. The summed E-state index contributed by atoms with van der Waals surface area (Å²) < 4.78 is 17.6. The zero-order valence-electron chi connectivity index (χ0n) is 2.86. The summed E-state index contributed by atoms with van der Waals surface area (Å²) in [5.74, 6) is 0. The van der Waals surface area contributed by atoms with Crippen LogP contribution in [0.25, 0.3) is 0 Å². The maximum absolute atomic E-state index is 10.1. The fraction of sp³-hybridized carbons (Fsp3) is 0. The summed E-state index contributed by atoms with van der Waals surface area (Å²) in [6, 6.07) is 0. The third kappa shape index (κ3) is 1.30. The molecule has 0 aromatic heterocycles. The average Bonchev–Trinajstić information content (AvgIpc) is 1.84. The van der Waals surface area contributed by atoms with Crippen LogP contribution in [0.15, 0.2) is 0 Å². The maximum atomic E-state index is 10.1. The molecule has 0 aliphatic carbocycles. The molecule has 0 bridgehead atoms. The number of hydrogen-bond donors (Lipinski definition) is 0. The first-order valence-electron chi connectivity index (χ1n) is 1.17. The van der Waals surface area contributed by atoms with Gasteiger partial charge in [-0.2, -0.15) is 4.21 Å². The Morgan fingerprint density at radius 1 is 1.29 bits per heavy atom. The molecule has 0 unspecified atom stereocenters. The molecule has 0 aromatic carbocycles. The van der Waals surface area contributed by atoms with Crippen LogP contribution in [0.5, 0.6) is 0 Å². The van der Waals surface area contributed by atoms with Gasteiger partial charge in [-0.25, -0.2) is 0 Å². The Hall–Kier alpha value is 0.210. The second kappa shape index (κ2) is 1.62. The predicted molar refractivity (Wildman–Crippen MR) is 19.8 cm³/mol. The van der Waals surface area contributed by atoms with Crippen LogP contribution in [0.3, 0.4) is 0 Å². The highest BCUT2D eigenvalue weighted by Gasteiger charge is 2.18. The molecule has 1 rings (SSSR count). The first kappa shape index (κ1) is 5.35. The molecular formula is O5S2. The fourth-order valence-electron chi connectivity index (χ4n) is 0.102. The van der Waals surface area contributed by atoms with Gasteiger partial charge in [0.1, 0.15) is 0 Å². The Bertz CT molecular complexity index is 129. The summed E-state index contributed by atoms with van der Waals surface area (Å²) in [5.41, 5.74) is 0. The van der Waals surface area contributed by atoms with Gasteiger partial charge in [0.05, 0.1) is 0 Å². The largest absolute Gasteiger partial charge is 0.327 e. The lowest BCUT2D eigenvalue weighted by Gasteiger charge is -1.77. The van der Waals surface area contributed by atoms with Crippen molar-refractivity contribution in [3.8, 4) is 0 Å². The molecule has 1 aliphatic heterocycles. The van der Waals surface area contributed by atoms with E-state index < -0.39 is 9.05 Å². The summed E-state index contributed by atoms with van der Waals surface area (Å²) >= 11 is 4.04. The van der Waals surface area contributed by atoms with Gasteiger partial charge in [-0.15, -0.1) is 0 Å². The third-order valence-corrected chi connectivity index (χ3v) is 1.03. The molecule has 42 valence electrons. The monoisotopic (exact) mass is 144 g/mol. The van der Waals surface area contributed by atoms with Gasteiger partial charge < -0.3 is 0 Å². The minimum atomic E-state index is -3.16. The van der Waals surface area contributed by atoms with Gasteiger partial charge in [0.2, 0.25) is 0 Å². The molecule has 1 aliphatic rings. The van der Waals surface area contributed by atoms with E-state index in [0.29, 0.717) is 0 Å². The van der Waals surface area contributed by atoms with Gasteiger partial charge in [-0.1, -0.05) is 8.67 Å². The van der Waals surface area contributed by atoms with Crippen LogP contribution >= 0.6 is 0 Å². The van der Waals surface area contributed by atoms with Crippen molar-refractivity contribution in [2.24, 2.45) is 0 Å². The molecule has 0 radical (unpaired) electrons. The van der Waals surface area contributed by atoms with E-state index in [9.17, 15) is 4.21 Å². The molecule has 0 spiro atoms. The smallest absolute Gasteiger partial charge is 0.194 e. The van der Waals surface area contributed by atoms with Crippen molar-refractivity contribution in [1.82, 2.24) is 0 Å². The van der Waals surface area contributed by atoms with Crippen molar-refractivity contribution in [2.45, 2.75) is 0 Å². The zero-order chi connectivity index (χ0) is 5.33. The highest BCUT2D eigenvalue weighted by Crippen LogP contribution is 2.06. The Kier molecular flexibility index (Phi) is 1.24. The lowest BCUT2D eigenvalue weighted by molar-refractivity contribution is -0.532. The molecule has 7 heteroatoms. The van der Waals surface area contributed by atoms with Crippen LogP contribution in [-0.2, 0) is 39.0 Å². The fourth-order valence-corrected chi connectivity index (χ4v) is 0.442. The molecule has 1 heterocycles. The number of rotatable bonds is 0. The lowest BCUT2D eigenvalue weighted by Crippen LogP contribution is -1.91. The summed E-state index contributed by atoms with van der Waals surface area (Å²) in [6.07, 6.45) is 0. The quantitative estimate of drug-likeness (QED) is 0.423. The topological polar surface area (TPSA) is 54.0 Å². The van der Waals surface area contributed by atoms with Crippen LogP contribution < -0.4 is 0 Å². The lowest BCUT2D eigenvalue weighted by atomic mass is 14.4. The van der Waals surface area contributed by atoms with Crippen molar-refractivity contribution >= 4 is 20.2 Å². The van der Waals surface area contributed by atoms with Crippen molar-refractivity contribution in [3.63, 3.8) is 0 Å². The van der Waals surface area contributed by atoms with Gasteiger partial charge in [0.15, 0.2) is 0 Å². The molecule has 7 heavy (non-hydrogen) atoms. The second-order valence-electron chi connectivity index (χ2n) is 0.680. The van der Waals surface area contributed by atoms with E-state index in [2.05, 4.69) is 29.9 Å². The maximum Gasteiger partial charge on any atom is 0.327 e. The zero-order valence-corrected chi connectivity index (χ0v) is 4.49. The van der Waals surface area contributed by atoms with E-state index >= 15 is 0 Å². The molecule has 1 saturated heterocycles. The minimum absolute atomic E-state index is 3.16. The SMILES string of the molecule is O=S1(=S)OOOO1. The summed E-state index contributed by atoms with van der Waals surface area (Å²) in [7, 11) is -3.16. The summed E-state index contributed by atoms with van der Waals surface area (Å²) in [6.45, 7) is 0. The van der Waals surface area contributed by atoms with Crippen LogP contribution in [0, 0.1) is 0 Å². The molecule has 0 atom stereocenters. The highest BCUT2D eigenvalue weighted by molar-refractivity contribution is 8.27. The van der Waals surface area contributed by atoms with Crippen LogP contribution in [0.1, 0.15) is 0 Å². The van der Waals surface area contributed by atoms with Crippen molar-refractivity contribution in [3.05, 3.63) is 0 Å². The molecule has 1 fully saturated rings. The average molecular weight is 144 g/mol. The Labute approximate surface area is 44.0 Å². The molecule has 0 N–H and O–H groups in total. The second-order valence-corrected chi connectivity index (χ2v) is 2.99. The van der Waals surface area contributed by atoms with E-state index in [-0.39, 0.29) is 0 Å². The van der Waals surface area contributed by atoms with Gasteiger partial charge >= 0.3 is 9.05 Å². The normalized spacial score (nSPS) is 28.0. The van der Waals surface area contributed by atoms with Gasteiger partial charge in [-0.05, 0) is 10.1 Å². The summed E-state index contributed by atoms with van der Waals surface area (Å²) in [4.78, 5) is 0. The molecule has 0 saturated carbocycles. The van der Waals surface area contributed by atoms with E-state index in [4.69, 9.17) is 0 Å². The Morgan fingerprint density at radius 2 is 1.71 bits per heavy atom. The van der Waals surface area contributed by atoms with Gasteiger partial charge in [0, 0.05) is 11.2 Å². The van der Waals surface area contributed by atoms with E-state index in [1.54, 1.807) is 0 Å². The molecular weight excluding hydrogens is 144 g/mol. The van der Waals surface area contributed by atoms with Crippen molar-refractivity contribution in [2.75, 3.05) is 0 Å². The molecule has 0 aromatic rings. The molecule has 0 amide bonds. The Morgan fingerprint density at radius 3 is 1.86 bits per heavy atom. The highest BCUT2D eigenvalue weighted by atomic mass is 32.9. The van der Waals surface area contributed by atoms with Crippen molar-refractivity contribution in [1.29, 1.82) is 0 Å². The van der Waals surface area contributed by atoms with Crippen LogP contribution in [0.4, 0.5) is 0 Å². The van der Waals surface area contributed by atoms with Crippen LogP contribution in [-0.4, -0.2) is 4.21 Å². The van der Waals surface area contributed by atoms with Gasteiger partial charge in [-0.3, -0.25) is 0 Å². The first-order valence-corrected chi connectivity index (χ1v) is 3.50. The minimum Gasteiger partial charge on any atom is -0.194 e. The van der Waals surface area contributed by atoms with Gasteiger partial charge in [0.25, 0.3) is 0 Å². The summed E-state index contributed by atoms with van der Waals surface area (Å²) in [5, 5.41) is 7.12. The van der Waals surface area contributed by atoms with E-state index in [1.807, 2.05) is 0 Å². The Balaban J connectivity index is 2.76. The first-order chi connectivity index (χ1) is 3.21. The van der Waals surface area contributed by atoms with E-state index in [1.165, 1.54) is 0 Å². The third-order valence-electron chi connectivity index (χ3n) is 0.250. The van der Waals surface area contributed by atoms with E-state index in [0.717, 1.165) is 0 Å². The standard InChI is InChI=1S/O5S2/c1-7(6)4-2-3-5-7. The van der Waals surface area contributed by atoms with Crippen molar-refractivity contribution < 1.29 is 23.0 Å². The van der Waals surface area contributed by atoms with Crippen LogP contribution in [0.2, 0.25) is 0 Å². The number of hydrogen-bond acceptors (Lipinski definition) is 6.